The summed E-state index contributed by atoms with van der Waals surface area (Å²) in [5.41, 5.74) is 3.04. The first-order chi connectivity index (χ1) is 6.44. The van der Waals surface area contributed by atoms with E-state index in [9.17, 15) is 0 Å². The van der Waals surface area contributed by atoms with Gasteiger partial charge in [-0.15, -0.1) is 0 Å². The van der Waals surface area contributed by atoms with E-state index in [0.29, 0.717) is 5.41 Å². The second-order valence-electron chi connectivity index (χ2n) is 5.91. The molecule has 0 heterocycles. The molecule has 0 spiro atoms. The van der Waals surface area contributed by atoms with E-state index in [4.69, 9.17) is 0 Å². The first-order valence-electron chi connectivity index (χ1n) is 5.50. The van der Waals surface area contributed by atoms with Gasteiger partial charge in [0.25, 0.3) is 0 Å². The summed E-state index contributed by atoms with van der Waals surface area (Å²) in [5.74, 6) is 0. The monoisotopic (exact) mass is 204 g/mol. The standard InChI is InChI=1S/C13H20Si/c1-13(10-12(13)14(2,3)4)11-8-6-5-7-9-11/h5-9,12H,10H2,1-4H3/t12-,13+/m1/s1. The van der Waals surface area contributed by atoms with Crippen molar-refractivity contribution >= 4 is 8.07 Å². The molecule has 76 valence electrons. The maximum atomic E-state index is 2.49. The van der Waals surface area contributed by atoms with Crippen molar-refractivity contribution in [3.63, 3.8) is 0 Å². The third-order valence-electron chi connectivity index (χ3n) is 3.72. The molecule has 0 unspecified atom stereocenters. The summed E-state index contributed by atoms with van der Waals surface area (Å²) < 4.78 is 0. The Balaban J connectivity index is 2.23. The molecule has 14 heavy (non-hydrogen) atoms. The van der Waals surface area contributed by atoms with Gasteiger partial charge in [-0.05, 0) is 22.9 Å². The predicted octanol–water partition coefficient (Wildman–Crippen LogP) is 4.06. The fourth-order valence-electron chi connectivity index (χ4n) is 2.76. The zero-order valence-electron chi connectivity index (χ0n) is 9.67. The molecule has 2 atom stereocenters. The summed E-state index contributed by atoms with van der Waals surface area (Å²) in [4.78, 5) is 0. The van der Waals surface area contributed by atoms with E-state index >= 15 is 0 Å². The summed E-state index contributed by atoms with van der Waals surface area (Å²) in [6.07, 6.45) is 1.41. The van der Waals surface area contributed by atoms with Crippen LogP contribution in [0.15, 0.2) is 30.3 Å². The normalized spacial score (nSPS) is 31.6. The predicted molar refractivity (Wildman–Crippen MR) is 65.5 cm³/mol. The van der Waals surface area contributed by atoms with Crippen LogP contribution in [0.1, 0.15) is 18.9 Å². The highest BCUT2D eigenvalue weighted by atomic mass is 28.3. The smallest absolute Gasteiger partial charge is 0.0483 e. The molecule has 0 N–H and O–H groups in total. The zero-order chi connectivity index (χ0) is 10.4. The summed E-state index contributed by atoms with van der Waals surface area (Å²) in [6.45, 7) is 9.91. The lowest BCUT2D eigenvalue weighted by atomic mass is 9.99. The maximum absolute atomic E-state index is 2.49. The van der Waals surface area contributed by atoms with E-state index in [1.165, 1.54) is 6.42 Å². The Kier molecular flexibility index (Phi) is 2.11. The molecule has 1 aliphatic rings. The van der Waals surface area contributed by atoms with Crippen LogP contribution in [0.5, 0.6) is 0 Å². The van der Waals surface area contributed by atoms with Crippen molar-refractivity contribution in [3.05, 3.63) is 35.9 Å². The molecule has 0 nitrogen and oxygen atoms in total. The van der Waals surface area contributed by atoms with E-state index in [2.05, 4.69) is 56.9 Å². The van der Waals surface area contributed by atoms with Crippen LogP contribution in [0.2, 0.25) is 25.2 Å². The number of rotatable bonds is 2. The van der Waals surface area contributed by atoms with E-state index in [-0.39, 0.29) is 0 Å². The highest BCUT2D eigenvalue weighted by Crippen LogP contribution is 2.63. The summed E-state index contributed by atoms with van der Waals surface area (Å²) in [6, 6.07) is 11.0. The van der Waals surface area contributed by atoms with Gasteiger partial charge in [0.15, 0.2) is 0 Å². The van der Waals surface area contributed by atoms with Gasteiger partial charge in [-0.25, -0.2) is 0 Å². The number of hydrogen-bond acceptors (Lipinski definition) is 0. The van der Waals surface area contributed by atoms with Gasteiger partial charge in [-0.3, -0.25) is 0 Å². The van der Waals surface area contributed by atoms with Crippen molar-refractivity contribution in [3.8, 4) is 0 Å². The highest BCUT2D eigenvalue weighted by Gasteiger charge is 2.56. The van der Waals surface area contributed by atoms with Gasteiger partial charge in [-0.1, -0.05) is 56.9 Å². The third-order valence-corrected chi connectivity index (χ3v) is 6.65. The average Bonchev–Trinajstić information content (AvgIpc) is 2.81. The topological polar surface area (TPSA) is 0 Å². The Labute approximate surface area is 88.4 Å². The van der Waals surface area contributed by atoms with Crippen LogP contribution in [0, 0.1) is 0 Å². The molecule has 1 fully saturated rings. The second-order valence-corrected chi connectivity index (χ2v) is 11.3. The van der Waals surface area contributed by atoms with Gasteiger partial charge in [0, 0.05) is 8.07 Å². The fourth-order valence-corrected chi connectivity index (χ4v) is 5.88. The molecule has 0 amide bonds. The van der Waals surface area contributed by atoms with Crippen LogP contribution in [-0.4, -0.2) is 8.07 Å². The molecular formula is C13H20Si. The molecule has 1 aromatic rings. The second kappa shape index (κ2) is 2.96. The lowest BCUT2D eigenvalue weighted by Gasteiger charge is -2.20. The Bertz CT molecular complexity index is 323. The van der Waals surface area contributed by atoms with Crippen LogP contribution >= 0.6 is 0 Å². The number of benzene rings is 1. The summed E-state index contributed by atoms with van der Waals surface area (Å²) in [7, 11) is -0.942. The Morgan fingerprint density at radius 3 is 2.14 bits per heavy atom. The van der Waals surface area contributed by atoms with Gasteiger partial charge >= 0.3 is 0 Å². The highest BCUT2D eigenvalue weighted by molar-refractivity contribution is 6.78. The molecule has 0 aromatic heterocycles. The molecule has 0 bridgehead atoms. The lowest BCUT2D eigenvalue weighted by molar-refractivity contribution is 0.780. The van der Waals surface area contributed by atoms with Gasteiger partial charge in [0.2, 0.25) is 0 Å². The molecule has 0 saturated heterocycles. The van der Waals surface area contributed by atoms with Crippen LogP contribution in [-0.2, 0) is 5.41 Å². The van der Waals surface area contributed by atoms with Crippen molar-refractivity contribution in [2.75, 3.05) is 0 Å². The van der Waals surface area contributed by atoms with E-state index in [1.807, 2.05) is 0 Å². The van der Waals surface area contributed by atoms with Gasteiger partial charge in [0.05, 0.1) is 0 Å². The average molecular weight is 204 g/mol. The minimum Gasteiger partial charge on any atom is -0.0693 e. The van der Waals surface area contributed by atoms with Gasteiger partial charge in [-0.2, -0.15) is 0 Å². The van der Waals surface area contributed by atoms with Crippen molar-refractivity contribution in [2.24, 2.45) is 0 Å². The molecule has 1 heteroatoms. The quantitative estimate of drug-likeness (QED) is 0.637. The molecular weight excluding hydrogens is 184 g/mol. The van der Waals surface area contributed by atoms with Crippen LogP contribution < -0.4 is 0 Å². The zero-order valence-corrected chi connectivity index (χ0v) is 10.7. The SMILES string of the molecule is C[C@@]1(c2ccccc2)C[C@H]1[Si](C)(C)C. The minimum atomic E-state index is -0.942. The van der Waals surface area contributed by atoms with Crippen molar-refractivity contribution in [1.82, 2.24) is 0 Å². The molecule has 1 aliphatic carbocycles. The first-order valence-corrected chi connectivity index (χ1v) is 9.08. The van der Waals surface area contributed by atoms with Crippen LogP contribution in [0.4, 0.5) is 0 Å². The molecule has 0 aliphatic heterocycles. The first kappa shape index (κ1) is 9.97. The number of hydrogen-bond donors (Lipinski definition) is 0. The Morgan fingerprint density at radius 1 is 1.14 bits per heavy atom. The molecule has 1 saturated carbocycles. The fraction of sp³-hybridized carbons (Fsp3) is 0.538. The largest absolute Gasteiger partial charge is 0.0693 e. The Morgan fingerprint density at radius 2 is 1.71 bits per heavy atom. The minimum absolute atomic E-state index is 0.506. The summed E-state index contributed by atoms with van der Waals surface area (Å²) in [5, 5.41) is 0. The Hall–Kier alpha value is -0.563. The van der Waals surface area contributed by atoms with Crippen LogP contribution in [0.25, 0.3) is 0 Å². The molecule has 2 rings (SSSR count). The maximum Gasteiger partial charge on any atom is 0.0483 e. The molecule has 1 aromatic carbocycles. The van der Waals surface area contributed by atoms with E-state index in [1.54, 1.807) is 5.56 Å². The van der Waals surface area contributed by atoms with Gasteiger partial charge < -0.3 is 0 Å². The van der Waals surface area contributed by atoms with E-state index in [0.717, 1.165) is 5.54 Å². The lowest BCUT2D eigenvalue weighted by Crippen LogP contribution is -2.24. The summed E-state index contributed by atoms with van der Waals surface area (Å²) >= 11 is 0. The van der Waals surface area contributed by atoms with Crippen molar-refractivity contribution in [2.45, 2.75) is 43.9 Å². The molecule has 0 radical (unpaired) electrons. The van der Waals surface area contributed by atoms with Gasteiger partial charge in [0.1, 0.15) is 0 Å². The van der Waals surface area contributed by atoms with E-state index < -0.39 is 8.07 Å². The van der Waals surface area contributed by atoms with Crippen molar-refractivity contribution < 1.29 is 0 Å². The van der Waals surface area contributed by atoms with Crippen LogP contribution in [0.3, 0.4) is 0 Å². The third kappa shape index (κ3) is 1.54. The van der Waals surface area contributed by atoms with Crippen molar-refractivity contribution in [1.29, 1.82) is 0 Å².